The normalized spacial score (nSPS) is 10.5. The predicted molar refractivity (Wildman–Crippen MR) is 88.8 cm³/mol. The Morgan fingerprint density at radius 3 is 2.30 bits per heavy atom. The molecule has 1 amide bonds. The zero-order valence-corrected chi connectivity index (χ0v) is 12.7. The van der Waals surface area contributed by atoms with Gasteiger partial charge in [0, 0.05) is 10.6 Å². The molecule has 5 nitrogen and oxygen atoms in total. The summed E-state index contributed by atoms with van der Waals surface area (Å²) in [5, 5.41) is 4.92. The number of nitrogens with two attached hydrogens (primary N) is 1. The number of primary amides is 1. The van der Waals surface area contributed by atoms with Crippen molar-refractivity contribution in [2.75, 3.05) is 0 Å². The molecule has 0 fully saturated rings. The van der Waals surface area contributed by atoms with E-state index in [0.717, 1.165) is 5.56 Å². The molecule has 2 N–H and O–H groups in total. The number of carbonyl (C=O) groups excluding carboxylic acids is 1. The number of benzene rings is 2. The van der Waals surface area contributed by atoms with Gasteiger partial charge in [0.15, 0.2) is 0 Å². The van der Waals surface area contributed by atoms with Gasteiger partial charge in [-0.25, -0.2) is 0 Å². The van der Waals surface area contributed by atoms with Gasteiger partial charge in [0.25, 0.3) is 11.5 Å². The molecular formula is C17H12ClN3O2. The van der Waals surface area contributed by atoms with Crippen LogP contribution in [0.1, 0.15) is 10.4 Å². The summed E-state index contributed by atoms with van der Waals surface area (Å²) in [6.45, 7) is 0. The van der Waals surface area contributed by atoms with Crippen LogP contribution in [-0.4, -0.2) is 15.7 Å². The predicted octanol–water partition coefficient (Wildman–Crippen LogP) is 2.65. The molecule has 0 unspecified atom stereocenters. The molecule has 6 heteroatoms. The molecule has 0 spiro atoms. The third kappa shape index (κ3) is 3.00. The zero-order valence-electron chi connectivity index (χ0n) is 11.9. The fourth-order valence-corrected chi connectivity index (χ4v) is 2.30. The molecule has 2 aromatic carbocycles. The summed E-state index contributed by atoms with van der Waals surface area (Å²) in [7, 11) is 0. The number of halogens is 1. The van der Waals surface area contributed by atoms with Gasteiger partial charge in [-0.05, 0) is 30.3 Å². The molecule has 1 aromatic heterocycles. The Hall–Kier alpha value is -2.92. The fraction of sp³-hybridized carbons (Fsp3) is 0. The smallest absolute Gasteiger partial charge is 0.284 e. The Bertz CT molecular complexity index is 919. The lowest BCUT2D eigenvalue weighted by Crippen LogP contribution is -2.30. The van der Waals surface area contributed by atoms with Crippen molar-refractivity contribution in [2.45, 2.75) is 0 Å². The molecule has 23 heavy (non-hydrogen) atoms. The number of nitrogens with zero attached hydrogens (tertiary/aromatic N) is 2. The second-order valence-corrected chi connectivity index (χ2v) is 5.30. The minimum Gasteiger partial charge on any atom is -0.365 e. The van der Waals surface area contributed by atoms with Crippen LogP contribution < -0.4 is 11.3 Å². The maximum atomic E-state index is 12.4. The topological polar surface area (TPSA) is 78.0 Å². The summed E-state index contributed by atoms with van der Waals surface area (Å²) in [4.78, 5) is 24.0. The molecule has 0 aliphatic heterocycles. The highest BCUT2D eigenvalue weighted by atomic mass is 35.5. The van der Waals surface area contributed by atoms with Crippen molar-refractivity contribution >= 4 is 17.5 Å². The summed E-state index contributed by atoms with van der Waals surface area (Å²) < 4.78 is 1.17. The number of hydrogen-bond donors (Lipinski definition) is 1. The van der Waals surface area contributed by atoms with E-state index < -0.39 is 11.5 Å². The Balaban J connectivity index is 2.26. The zero-order chi connectivity index (χ0) is 16.4. The van der Waals surface area contributed by atoms with Crippen LogP contribution >= 0.6 is 11.6 Å². The van der Waals surface area contributed by atoms with Gasteiger partial charge in [0.2, 0.25) is 0 Å². The van der Waals surface area contributed by atoms with Crippen LogP contribution in [0.3, 0.4) is 0 Å². The van der Waals surface area contributed by atoms with Gasteiger partial charge in [-0.15, -0.1) is 0 Å². The minimum atomic E-state index is -0.794. The molecular weight excluding hydrogens is 314 g/mol. The van der Waals surface area contributed by atoms with E-state index in [4.69, 9.17) is 17.3 Å². The number of rotatable bonds is 3. The van der Waals surface area contributed by atoms with Gasteiger partial charge in [0.05, 0.1) is 11.4 Å². The molecule has 1 heterocycles. The van der Waals surface area contributed by atoms with Crippen LogP contribution in [0.15, 0.2) is 65.5 Å². The van der Waals surface area contributed by atoms with Gasteiger partial charge in [-0.3, -0.25) is 9.59 Å². The second-order valence-electron chi connectivity index (χ2n) is 4.87. The quantitative estimate of drug-likeness (QED) is 0.804. The molecule has 3 aromatic rings. The van der Waals surface area contributed by atoms with E-state index in [-0.39, 0.29) is 5.56 Å². The van der Waals surface area contributed by atoms with Crippen molar-refractivity contribution < 1.29 is 4.79 Å². The van der Waals surface area contributed by atoms with Crippen molar-refractivity contribution in [1.29, 1.82) is 0 Å². The number of hydrogen-bond acceptors (Lipinski definition) is 3. The Labute approximate surface area is 136 Å². The number of amides is 1. The highest BCUT2D eigenvalue weighted by Gasteiger charge is 2.15. The molecule has 0 radical (unpaired) electrons. The first-order valence-corrected chi connectivity index (χ1v) is 7.19. The van der Waals surface area contributed by atoms with Crippen LogP contribution in [0.25, 0.3) is 16.9 Å². The molecule has 0 bridgehead atoms. The number of aromatic nitrogens is 2. The monoisotopic (exact) mass is 325 g/mol. The molecule has 114 valence electrons. The van der Waals surface area contributed by atoms with Crippen LogP contribution in [-0.2, 0) is 0 Å². The van der Waals surface area contributed by atoms with Crippen molar-refractivity contribution in [3.63, 3.8) is 0 Å². The molecule has 0 saturated heterocycles. The lowest BCUT2D eigenvalue weighted by molar-refractivity contribution is 0.0998. The van der Waals surface area contributed by atoms with E-state index in [2.05, 4.69) is 5.10 Å². The van der Waals surface area contributed by atoms with E-state index in [1.165, 1.54) is 10.7 Å². The van der Waals surface area contributed by atoms with Crippen LogP contribution in [0.5, 0.6) is 0 Å². The lowest BCUT2D eigenvalue weighted by atomic mass is 10.1. The van der Waals surface area contributed by atoms with Gasteiger partial charge < -0.3 is 5.73 Å². The average molecular weight is 326 g/mol. The second kappa shape index (κ2) is 6.06. The van der Waals surface area contributed by atoms with Gasteiger partial charge in [-0.2, -0.15) is 9.78 Å². The number of carbonyl (C=O) groups is 1. The summed E-state index contributed by atoms with van der Waals surface area (Å²) in [6, 6.07) is 17.2. The Morgan fingerprint density at radius 2 is 1.70 bits per heavy atom. The van der Waals surface area contributed by atoms with Crippen LogP contribution in [0.4, 0.5) is 0 Å². The molecule has 0 atom stereocenters. The summed E-state index contributed by atoms with van der Waals surface area (Å²) >= 11 is 5.88. The van der Waals surface area contributed by atoms with E-state index in [1.807, 2.05) is 6.07 Å². The Kier molecular flexibility index (Phi) is 3.95. The standard InChI is InChI=1S/C17H12ClN3O2/c18-12-8-6-11(7-9-12)15-10-14(16(19)22)17(23)21(20-15)13-4-2-1-3-5-13/h1-10H,(H2,19,22). The van der Waals surface area contributed by atoms with Crippen molar-refractivity contribution in [2.24, 2.45) is 5.73 Å². The van der Waals surface area contributed by atoms with E-state index in [1.54, 1.807) is 48.5 Å². The summed E-state index contributed by atoms with van der Waals surface area (Å²) in [5.74, 6) is -0.794. The van der Waals surface area contributed by atoms with Crippen molar-refractivity contribution in [3.8, 4) is 16.9 Å². The first kappa shape index (κ1) is 15.0. The first-order chi connectivity index (χ1) is 11.1. The maximum Gasteiger partial charge on any atom is 0.284 e. The van der Waals surface area contributed by atoms with Crippen LogP contribution in [0, 0.1) is 0 Å². The van der Waals surface area contributed by atoms with E-state index >= 15 is 0 Å². The SMILES string of the molecule is NC(=O)c1cc(-c2ccc(Cl)cc2)nn(-c2ccccc2)c1=O. The Morgan fingerprint density at radius 1 is 1.04 bits per heavy atom. The van der Waals surface area contributed by atoms with Gasteiger partial charge in [-0.1, -0.05) is 41.9 Å². The summed E-state index contributed by atoms with van der Waals surface area (Å²) in [6.07, 6.45) is 0. The minimum absolute atomic E-state index is 0.117. The molecule has 0 saturated carbocycles. The number of para-hydroxylation sites is 1. The highest BCUT2D eigenvalue weighted by Crippen LogP contribution is 2.20. The van der Waals surface area contributed by atoms with E-state index in [0.29, 0.717) is 16.4 Å². The maximum absolute atomic E-state index is 12.4. The van der Waals surface area contributed by atoms with Gasteiger partial charge in [0.1, 0.15) is 5.56 Å². The largest absolute Gasteiger partial charge is 0.365 e. The third-order valence-electron chi connectivity index (χ3n) is 3.32. The molecule has 0 aliphatic carbocycles. The van der Waals surface area contributed by atoms with E-state index in [9.17, 15) is 9.59 Å². The fourth-order valence-electron chi connectivity index (χ4n) is 2.18. The van der Waals surface area contributed by atoms with Crippen molar-refractivity contribution in [1.82, 2.24) is 9.78 Å². The molecule has 0 aliphatic rings. The third-order valence-corrected chi connectivity index (χ3v) is 3.57. The average Bonchev–Trinajstić information content (AvgIpc) is 2.56. The molecule has 3 rings (SSSR count). The lowest BCUT2D eigenvalue weighted by Gasteiger charge is -2.09. The summed E-state index contributed by atoms with van der Waals surface area (Å²) in [5.41, 5.74) is 6.39. The highest BCUT2D eigenvalue weighted by molar-refractivity contribution is 6.30. The van der Waals surface area contributed by atoms with Crippen molar-refractivity contribution in [3.05, 3.63) is 81.6 Å². The first-order valence-electron chi connectivity index (χ1n) is 6.82. The van der Waals surface area contributed by atoms with Gasteiger partial charge >= 0.3 is 0 Å². The van der Waals surface area contributed by atoms with Crippen LogP contribution in [0.2, 0.25) is 5.02 Å².